The van der Waals surface area contributed by atoms with E-state index in [4.69, 9.17) is 4.74 Å². The first kappa shape index (κ1) is 12.1. The van der Waals surface area contributed by atoms with Gasteiger partial charge in [-0.05, 0) is 45.6 Å². The van der Waals surface area contributed by atoms with Gasteiger partial charge >= 0.3 is 0 Å². The molecule has 1 N–H and O–H groups in total. The summed E-state index contributed by atoms with van der Waals surface area (Å²) >= 11 is 0. The standard InChI is InChI=1S/C17H22N2O/c1-11(2)18-14-10-16(20-12-5-6-12)13-7-9-19-8-3-4-15(19)17(13)14/h7,9-12,18H,3-6,8H2,1-2H3. The molecule has 2 aliphatic carbocycles. The number of aryl methyl sites for hydroxylation is 1. The van der Waals surface area contributed by atoms with Crippen molar-refractivity contribution in [1.82, 2.24) is 4.57 Å². The average Bonchev–Trinajstić information content (AvgIpc) is 2.97. The van der Waals surface area contributed by atoms with Gasteiger partial charge in [0.2, 0.25) is 0 Å². The van der Waals surface area contributed by atoms with E-state index in [0.29, 0.717) is 12.1 Å². The van der Waals surface area contributed by atoms with Gasteiger partial charge < -0.3 is 14.6 Å². The Morgan fingerprint density at radius 2 is 2.20 bits per heavy atom. The van der Waals surface area contributed by atoms with Gasteiger partial charge in [0.05, 0.1) is 6.10 Å². The van der Waals surface area contributed by atoms with E-state index in [1.54, 1.807) is 0 Å². The monoisotopic (exact) mass is 270 g/mol. The summed E-state index contributed by atoms with van der Waals surface area (Å²) in [5.74, 6) is 1.07. The van der Waals surface area contributed by atoms with Crippen LogP contribution in [0.25, 0.3) is 11.1 Å². The highest BCUT2D eigenvalue weighted by Gasteiger charge is 2.29. The largest absolute Gasteiger partial charge is 0.490 e. The fourth-order valence-corrected chi connectivity index (χ4v) is 3.21. The highest BCUT2D eigenvalue weighted by molar-refractivity contribution is 5.89. The normalized spacial score (nSPS) is 17.8. The molecule has 0 atom stereocenters. The highest BCUT2D eigenvalue weighted by atomic mass is 16.5. The van der Waals surface area contributed by atoms with E-state index in [2.05, 4.69) is 42.1 Å². The molecule has 3 heteroatoms. The summed E-state index contributed by atoms with van der Waals surface area (Å²) in [6, 6.07) is 4.88. The van der Waals surface area contributed by atoms with Gasteiger partial charge in [-0.2, -0.15) is 0 Å². The first-order valence-corrected chi connectivity index (χ1v) is 7.80. The first-order valence-electron chi connectivity index (χ1n) is 7.80. The van der Waals surface area contributed by atoms with Crippen LogP contribution in [0.15, 0.2) is 18.3 Å². The van der Waals surface area contributed by atoms with Crippen LogP contribution in [0.3, 0.4) is 0 Å². The molecule has 0 spiro atoms. The summed E-state index contributed by atoms with van der Waals surface area (Å²) in [4.78, 5) is 0. The minimum absolute atomic E-state index is 0.441. The van der Waals surface area contributed by atoms with Crippen molar-refractivity contribution >= 4 is 5.69 Å². The molecular formula is C17H22N2O. The van der Waals surface area contributed by atoms with Crippen molar-refractivity contribution in [3.05, 3.63) is 24.0 Å². The number of anilines is 1. The number of pyridine rings is 1. The van der Waals surface area contributed by atoms with Crippen LogP contribution in [0, 0.1) is 0 Å². The fraction of sp³-hybridized carbons (Fsp3) is 0.529. The zero-order valence-electron chi connectivity index (χ0n) is 12.3. The van der Waals surface area contributed by atoms with Crippen LogP contribution in [-0.2, 0) is 13.0 Å². The molecule has 0 amide bonds. The molecule has 2 heterocycles. The van der Waals surface area contributed by atoms with E-state index in [1.807, 2.05) is 0 Å². The van der Waals surface area contributed by atoms with Crippen LogP contribution in [0.5, 0.6) is 5.75 Å². The number of rotatable bonds is 4. The fourth-order valence-electron chi connectivity index (χ4n) is 3.21. The predicted molar refractivity (Wildman–Crippen MR) is 81.8 cm³/mol. The van der Waals surface area contributed by atoms with E-state index in [-0.39, 0.29) is 0 Å². The molecule has 1 saturated carbocycles. The van der Waals surface area contributed by atoms with E-state index < -0.39 is 0 Å². The van der Waals surface area contributed by atoms with Crippen LogP contribution in [0.4, 0.5) is 5.69 Å². The molecule has 2 aliphatic heterocycles. The topological polar surface area (TPSA) is 26.2 Å². The van der Waals surface area contributed by atoms with Gasteiger partial charge in [0.15, 0.2) is 0 Å². The molecule has 3 nitrogen and oxygen atoms in total. The first-order chi connectivity index (χ1) is 9.72. The van der Waals surface area contributed by atoms with Gasteiger partial charge in [-0.1, -0.05) is 0 Å². The molecule has 0 aromatic rings. The number of nitrogens with zero attached hydrogens (tertiary/aromatic N) is 1. The van der Waals surface area contributed by atoms with Crippen molar-refractivity contribution in [2.24, 2.45) is 0 Å². The van der Waals surface area contributed by atoms with Crippen molar-refractivity contribution < 1.29 is 4.74 Å². The van der Waals surface area contributed by atoms with Crippen LogP contribution < -0.4 is 10.1 Å². The lowest BCUT2D eigenvalue weighted by atomic mass is 10.1. The van der Waals surface area contributed by atoms with Crippen molar-refractivity contribution in [2.75, 3.05) is 5.32 Å². The molecule has 0 bridgehead atoms. The molecule has 4 aliphatic rings. The summed E-state index contributed by atoms with van der Waals surface area (Å²) in [7, 11) is 0. The Hall–Kier alpha value is -1.64. The third-order valence-corrected chi connectivity index (χ3v) is 4.21. The van der Waals surface area contributed by atoms with Crippen molar-refractivity contribution in [1.29, 1.82) is 0 Å². The van der Waals surface area contributed by atoms with E-state index in [9.17, 15) is 0 Å². The maximum Gasteiger partial charge on any atom is 0.129 e. The number of hydrogen-bond acceptors (Lipinski definition) is 2. The van der Waals surface area contributed by atoms with E-state index >= 15 is 0 Å². The van der Waals surface area contributed by atoms with Crippen LogP contribution >= 0.6 is 0 Å². The highest BCUT2D eigenvalue weighted by Crippen LogP contribution is 2.46. The van der Waals surface area contributed by atoms with Gasteiger partial charge in [0, 0.05) is 47.4 Å². The van der Waals surface area contributed by atoms with Crippen molar-refractivity contribution in [2.45, 2.75) is 58.2 Å². The zero-order chi connectivity index (χ0) is 13.7. The number of ether oxygens (including phenoxy) is 1. The van der Waals surface area contributed by atoms with Crippen LogP contribution in [-0.4, -0.2) is 16.7 Å². The Bertz CT molecular complexity index is 610. The van der Waals surface area contributed by atoms with Gasteiger partial charge in [-0.3, -0.25) is 0 Å². The predicted octanol–water partition coefficient (Wildman–Crippen LogP) is 3.90. The second kappa shape index (κ2) is 4.44. The number of nitrogens with one attached hydrogen (secondary N) is 1. The van der Waals surface area contributed by atoms with Crippen molar-refractivity contribution in [3.8, 4) is 16.9 Å². The summed E-state index contributed by atoms with van der Waals surface area (Å²) in [5.41, 5.74) is 5.38. The minimum Gasteiger partial charge on any atom is -0.490 e. The Labute approximate surface area is 120 Å². The number of hydrogen-bond donors (Lipinski definition) is 1. The van der Waals surface area contributed by atoms with Gasteiger partial charge in [-0.15, -0.1) is 0 Å². The molecule has 0 unspecified atom stereocenters. The zero-order valence-corrected chi connectivity index (χ0v) is 12.3. The maximum atomic E-state index is 6.11. The second-order valence-corrected chi connectivity index (χ2v) is 6.39. The summed E-state index contributed by atoms with van der Waals surface area (Å²) in [5, 5.41) is 3.60. The second-order valence-electron chi connectivity index (χ2n) is 6.39. The smallest absolute Gasteiger partial charge is 0.129 e. The SMILES string of the molecule is CC(C)Nc1cc(OC2CC2)c2ccn3c(c1-2)CCC3. The van der Waals surface area contributed by atoms with Crippen LogP contribution in [0.1, 0.15) is 38.8 Å². The molecule has 20 heavy (non-hydrogen) atoms. The number of aromatic nitrogens is 1. The summed E-state index contributed by atoms with van der Waals surface area (Å²) in [6.07, 6.45) is 7.53. The summed E-state index contributed by atoms with van der Waals surface area (Å²) < 4.78 is 8.51. The molecule has 106 valence electrons. The Balaban J connectivity index is 1.83. The Morgan fingerprint density at radius 3 is 2.95 bits per heavy atom. The van der Waals surface area contributed by atoms with Crippen molar-refractivity contribution in [3.63, 3.8) is 0 Å². The maximum absolute atomic E-state index is 6.11. The molecular weight excluding hydrogens is 248 g/mol. The molecule has 1 fully saturated rings. The molecule has 0 saturated heterocycles. The summed E-state index contributed by atoms with van der Waals surface area (Å²) in [6.45, 7) is 5.53. The van der Waals surface area contributed by atoms with Gasteiger partial charge in [0.1, 0.15) is 5.75 Å². The van der Waals surface area contributed by atoms with Gasteiger partial charge in [0.25, 0.3) is 0 Å². The van der Waals surface area contributed by atoms with E-state index in [0.717, 1.165) is 12.3 Å². The third-order valence-electron chi connectivity index (χ3n) is 4.21. The quantitative estimate of drug-likeness (QED) is 0.912. The van der Waals surface area contributed by atoms with Gasteiger partial charge in [-0.25, -0.2) is 0 Å². The molecule has 0 aromatic heterocycles. The lowest BCUT2D eigenvalue weighted by Crippen LogP contribution is -2.10. The van der Waals surface area contributed by atoms with E-state index in [1.165, 1.54) is 48.2 Å². The number of fused-ring (bicyclic) bond motifs is 3. The lowest BCUT2D eigenvalue weighted by Gasteiger charge is -2.15. The lowest BCUT2D eigenvalue weighted by molar-refractivity contribution is 0.305. The molecule has 0 aromatic carbocycles. The average molecular weight is 270 g/mol. The Kier molecular flexibility index (Phi) is 2.69. The molecule has 4 rings (SSSR count). The molecule has 0 radical (unpaired) electrons. The minimum atomic E-state index is 0.441. The third kappa shape index (κ3) is 1.96. The Morgan fingerprint density at radius 1 is 1.35 bits per heavy atom. The van der Waals surface area contributed by atoms with Crippen LogP contribution in [0.2, 0.25) is 0 Å².